The number of nitrogens with one attached hydrogen (secondary N) is 1. The van der Waals surface area contributed by atoms with Crippen LogP contribution in [-0.4, -0.2) is 51.4 Å². The Hall–Kier alpha value is -0.540. The molecule has 0 aliphatic rings. The number of sulfone groups is 1. The highest BCUT2D eigenvalue weighted by Gasteiger charge is 2.20. The Balaban J connectivity index is 0.00000625. The van der Waals surface area contributed by atoms with Crippen LogP contribution in [0.5, 0.6) is 0 Å². The van der Waals surface area contributed by atoms with Crippen molar-refractivity contribution in [2.75, 3.05) is 32.1 Å². The summed E-state index contributed by atoms with van der Waals surface area (Å²) in [5, 5.41) is 4.00. The molecule has 0 saturated carbocycles. The van der Waals surface area contributed by atoms with Gasteiger partial charge in [0.2, 0.25) is 0 Å². The van der Waals surface area contributed by atoms with Gasteiger partial charge in [-0.15, -0.1) is 24.0 Å². The molecule has 1 aromatic rings. The number of hydrogen-bond acceptors (Lipinski definition) is 3. The highest BCUT2D eigenvalue weighted by Crippen LogP contribution is 2.21. The first-order chi connectivity index (χ1) is 11.5. The molecular weight excluding hydrogens is 485 g/mol. The van der Waals surface area contributed by atoms with Crippen LogP contribution in [0, 0.1) is 5.41 Å². The van der Waals surface area contributed by atoms with Crippen LogP contribution < -0.4 is 5.32 Å². The van der Waals surface area contributed by atoms with Gasteiger partial charge < -0.3 is 10.2 Å². The maximum Gasteiger partial charge on any atom is 0.193 e. The van der Waals surface area contributed by atoms with Gasteiger partial charge >= 0.3 is 0 Å². The quantitative estimate of drug-likeness (QED) is 0.325. The highest BCUT2D eigenvalue weighted by atomic mass is 127. The molecule has 0 heterocycles. The molecule has 0 atom stereocenters. The smallest absolute Gasteiger partial charge is 0.193 e. The molecule has 0 radical (unpaired) electrons. The molecule has 0 aliphatic carbocycles. The van der Waals surface area contributed by atoms with E-state index in [2.05, 4.69) is 5.32 Å². The molecule has 5 nitrogen and oxygen atoms in total. The predicted octanol–water partition coefficient (Wildman–Crippen LogP) is 3.82. The van der Waals surface area contributed by atoms with Gasteiger partial charge in [-0.25, -0.2) is 8.42 Å². The zero-order valence-corrected chi connectivity index (χ0v) is 20.2. The summed E-state index contributed by atoms with van der Waals surface area (Å²) < 4.78 is 22.8. The number of hydrogen-bond donors (Lipinski definition) is 1. The lowest BCUT2D eigenvalue weighted by molar-refractivity contribution is 0.361. The second kappa shape index (κ2) is 11.3. The molecule has 0 bridgehead atoms. The van der Waals surface area contributed by atoms with Crippen LogP contribution in [-0.2, 0) is 16.4 Å². The van der Waals surface area contributed by atoms with Crippen LogP contribution >= 0.6 is 35.6 Å². The largest absolute Gasteiger partial charge is 0.357 e. The Morgan fingerprint density at radius 1 is 1.35 bits per heavy atom. The standard InChI is InChI=1S/C18H30ClN3O2S.HI/c1-6-20-17(21-14-18(2,3)10-11-25(5,23)24)22(4)13-15-8-7-9-16(19)12-15;/h7-9,12H,6,10-11,13-14H2,1-5H3,(H,20,21);1H. The van der Waals surface area contributed by atoms with Crippen molar-refractivity contribution in [1.29, 1.82) is 0 Å². The van der Waals surface area contributed by atoms with E-state index in [1.54, 1.807) is 0 Å². The zero-order valence-electron chi connectivity index (χ0n) is 16.3. The molecule has 0 aromatic heterocycles. The monoisotopic (exact) mass is 515 g/mol. The maximum atomic E-state index is 11.4. The number of guanidine groups is 1. The van der Waals surface area contributed by atoms with Crippen LogP contribution in [0.3, 0.4) is 0 Å². The third-order valence-electron chi connectivity index (χ3n) is 3.81. The SMILES string of the molecule is CCNC(=NCC(C)(C)CCS(C)(=O)=O)N(C)Cc1cccc(Cl)c1.I. The molecule has 1 rings (SSSR count). The summed E-state index contributed by atoms with van der Waals surface area (Å²) in [4.78, 5) is 6.75. The summed E-state index contributed by atoms with van der Waals surface area (Å²) in [5.41, 5.74) is 0.928. The Labute approximate surface area is 180 Å². The van der Waals surface area contributed by atoms with E-state index in [-0.39, 0.29) is 35.1 Å². The van der Waals surface area contributed by atoms with Gasteiger partial charge in [0.15, 0.2) is 5.96 Å². The Morgan fingerprint density at radius 2 is 2.00 bits per heavy atom. The van der Waals surface area contributed by atoms with Gasteiger partial charge in [-0.2, -0.15) is 0 Å². The van der Waals surface area contributed by atoms with Crippen LogP contribution in [0.1, 0.15) is 32.8 Å². The first kappa shape index (κ1) is 25.5. The minimum Gasteiger partial charge on any atom is -0.357 e. The second-order valence-electron chi connectivity index (χ2n) is 7.20. The summed E-state index contributed by atoms with van der Waals surface area (Å²) in [6.45, 7) is 8.13. The second-order valence-corrected chi connectivity index (χ2v) is 9.90. The molecule has 0 saturated heterocycles. The fourth-order valence-corrected chi connectivity index (χ4v) is 3.42. The third-order valence-corrected chi connectivity index (χ3v) is 4.99. The first-order valence-corrected chi connectivity index (χ1v) is 10.9. The Bertz CT molecular complexity index is 693. The zero-order chi connectivity index (χ0) is 19.1. The average Bonchev–Trinajstić information content (AvgIpc) is 2.49. The van der Waals surface area contributed by atoms with Gasteiger partial charge in [-0.1, -0.05) is 37.6 Å². The number of aliphatic imine (C=N–C) groups is 1. The van der Waals surface area contributed by atoms with Gasteiger partial charge in [0.25, 0.3) is 0 Å². The molecule has 1 aromatic carbocycles. The van der Waals surface area contributed by atoms with E-state index in [0.717, 1.165) is 23.1 Å². The fraction of sp³-hybridized carbons (Fsp3) is 0.611. The molecule has 0 amide bonds. The number of halogens is 2. The van der Waals surface area contributed by atoms with Crippen molar-refractivity contribution in [2.24, 2.45) is 10.4 Å². The van der Waals surface area contributed by atoms with Crippen molar-refractivity contribution < 1.29 is 8.42 Å². The molecule has 150 valence electrons. The van der Waals surface area contributed by atoms with E-state index in [1.165, 1.54) is 6.26 Å². The Morgan fingerprint density at radius 3 is 2.54 bits per heavy atom. The molecule has 0 unspecified atom stereocenters. The fourth-order valence-electron chi connectivity index (χ4n) is 2.28. The summed E-state index contributed by atoms with van der Waals surface area (Å²) in [7, 11) is -0.976. The minimum atomic E-state index is -2.95. The van der Waals surface area contributed by atoms with E-state index in [0.29, 0.717) is 19.5 Å². The topological polar surface area (TPSA) is 61.8 Å². The number of nitrogens with zero attached hydrogens (tertiary/aromatic N) is 2. The molecule has 1 N–H and O–H groups in total. The van der Waals surface area contributed by atoms with Crippen molar-refractivity contribution >= 4 is 51.4 Å². The lowest BCUT2D eigenvalue weighted by atomic mass is 9.90. The molecule has 0 fully saturated rings. The van der Waals surface area contributed by atoms with Crippen molar-refractivity contribution in [1.82, 2.24) is 10.2 Å². The average molecular weight is 516 g/mol. The molecular formula is C18H31ClIN3O2S. The van der Waals surface area contributed by atoms with Crippen molar-refractivity contribution in [3.63, 3.8) is 0 Å². The van der Waals surface area contributed by atoms with Crippen LogP contribution in [0.2, 0.25) is 5.02 Å². The van der Waals surface area contributed by atoms with Crippen LogP contribution in [0.25, 0.3) is 0 Å². The van der Waals surface area contributed by atoms with E-state index in [4.69, 9.17) is 16.6 Å². The van der Waals surface area contributed by atoms with Crippen molar-refractivity contribution in [2.45, 2.75) is 33.7 Å². The van der Waals surface area contributed by atoms with Gasteiger partial charge in [-0.05, 0) is 36.5 Å². The minimum absolute atomic E-state index is 0. The maximum absolute atomic E-state index is 11.4. The summed E-state index contributed by atoms with van der Waals surface area (Å²) in [6, 6.07) is 7.76. The van der Waals surface area contributed by atoms with E-state index < -0.39 is 9.84 Å². The first-order valence-electron chi connectivity index (χ1n) is 8.44. The van der Waals surface area contributed by atoms with Gasteiger partial charge in [0, 0.05) is 38.0 Å². The molecule has 26 heavy (non-hydrogen) atoms. The third kappa shape index (κ3) is 10.6. The summed E-state index contributed by atoms with van der Waals surface area (Å²) in [5.74, 6) is 0.986. The summed E-state index contributed by atoms with van der Waals surface area (Å²) >= 11 is 6.05. The van der Waals surface area contributed by atoms with E-state index in [9.17, 15) is 8.42 Å². The van der Waals surface area contributed by atoms with Gasteiger partial charge in [0.1, 0.15) is 9.84 Å². The number of rotatable bonds is 8. The van der Waals surface area contributed by atoms with Crippen LogP contribution in [0.15, 0.2) is 29.3 Å². The molecule has 0 aliphatic heterocycles. The normalized spacial score (nSPS) is 12.5. The highest BCUT2D eigenvalue weighted by molar-refractivity contribution is 14.0. The van der Waals surface area contributed by atoms with Crippen LogP contribution in [0.4, 0.5) is 0 Å². The lowest BCUT2D eigenvalue weighted by Gasteiger charge is -2.26. The van der Waals surface area contributed by atoms with Crippen molar-refractivity contribution in [3.8, 4) is 0 Å². The number of benzene rings is 1. The van der Waals surface area contributed by atoms with E-state index in [1.807, 2.05) is 57.0 Å². The van der Waals surface area contributed by atoms with Crippen molar-refractivity contribution in [3.05, 3.63) is 34.9 Å². The molecule has 8 heteroatoms. The van der Waals surface area contributed by atoms with Gasteiger partial charge in [0.05, 0.1) is 5.75 Å². The lowest BCUT2D eigenvalue weighted by Crippen LogP contribution is -2.39. The summed E-state index contributed by atoms with van der Waals surface area (Å²) in [6.07, 6.45) is 1.86. The van der Waals surface area contributed by atoms with Gasteiger partial charge in [-0.3, -0.25) is 4.99 Å². The predicted molar refractivity (Wildman–Crippen MR) is 122 cm³/mol. The van der Waals surface area contributed by atoms with E-state index >= 15 is 0 Å². The molecule has 0 spiro atoms. The Kier molecular flexibility index (Phi) is 11.1.